The van der Waals surface area contributed by atoms with E-state index in [1.165, 1.54) is 45.1 Å². The zero-order valence-corrected chi connectivity index (χ0v) is 12.6. The van der Waals surface area contributed by atoms with Gasteiger partial charge in [0.2, 0.25) is 0 Å². The van der Waals surface area contributed by atoms with E-state index >= 15 is 0 Å². The summed E-state index contributed by atoms with van der Waals surface area (Å²) in [6, 6.07) is 5.25. The smallest absolute Gasteiger partial charge is 0.00989 e. The molecule has 1 saturated carbocycles. The summed E-state index contributed by atoms with van der Waals surface area (Å²) in [5, 5.41) is 6.00. The van der Waals surface area contributed by atoms with Crippen molar-refractivity contribution in [3.8, 4) is 0 Å². The monoisotopic (exact) mass is 265 g/mol. The molecule has 1 aliphatic rings. The summed E-state index contributed by atoms with van der Waals surface area (Å²) in [6.45, 7) is 5.80. The molecule has 102 valence electrons. The molecule has 0 aliphatic heterocycles. The topological polar surface area (TPSA) is 12.0 Å². The van der Waals surface area contributed by atoms with E-state index in [-0.39, 0.29) is 0 Å². The van der Waals surface area contributed by atoms with Crippen LogP contribution in [0.1, 0.15) is 50.8 Å². The van der Waals surface area contributed by atoms with Crippen molar-refractivity contribution in [1.29, 1.82) is 0 Å². The third-order valence-corrected chi connectivity index (χ3v) is 5.27. The zero-order chi connectivity index (χ0) is 12.8. The van der Waals surface area contributed by atoms with Gasteiger partial charge in [0.25, 0.3) is 0 Å². The second-order valence-corrected chi connectivity index (χ2v) is 6.72. The minimum Gasteiger partial charge on any atom is -0.314 e. The molecule has 0 saturated heterocycles. The van der Waals surface area contributed by atoms with Gasteiger partial charge < -0.3 is 5.32 Å². The second-order valence-electron chi connectivity index (χ2n) is 5.69. The maximum absolute atomic E-state index is 3.78. The van der Waals surface area contributed by atoms with E-state index in [4.69, 9.17) is 0 Å². The van der Waals surface area contributed by atoms with Gasteiger partial charge in [-0.3, -0.25) is 0 Å². The van der Waals surface area contributed by atoms with E-state index in [1.54, 1.807) is 4.88 Å². The molecule has 1 heterocycles. The lowest BCUT2D eigenvalue weighted by Crippen LogP contribution is -2.41. The van der Waals surface area contributed by atoms with Crippen LogP contribution < -0.4 is 5.32 Å². The highest BCUT2D eigenvalue weighted by atomic mass is 32.1. The molecule has 0 bridgehead atoms. The normalized spacial score (nSPS) is 28.4. The van der Waals surface area contributed by atoms with Gasteiger partial charge >= 0.3 is 0 Å². The first-order valence-corrected chi connectivity index (χ1v) is 8.47. The van der Waals surface area contributed by atoms with E-state index in [9.17, 15) is 0 Å². The molecule has 3 atom stereocenters. The third-order valence-electron chi connectivity index (χ3n) is 4.37. The van der Waals surface area contributed by atoms with Crippen molar-refractivity contribution in [3.05, 3.63) is 22.4 Å². The summed E-state index contributed by atoms with van der Waals surface area (Å²) in [4.78, 5) is 1.57. The van der Waals surface area contributed by atoms with E-state index < -0.39 is 0 Å². The fourth-order valence-corrected chi connectivity index (χ4v) is 4.04. The van der Waals surface area contributed by atoms with Crippen LogP contribution in [0, 0.1) is 11.8 Å². The first kappa shape index (κ1) is 14.1. The highest BCUT2D eigenvalue weighted by molar-refractivity contribution is 7.09. The summed E-state index contributed by atoms with van der Waals surface area (Å²) in [5.74, 6) is 1.82. The Kier molecular flexibility index (Phi) is 5.71. The van der Waals surface area contributed by atoms with Crippen molar-refractivity contribution >= 4 is 11.3 Å². The van der Waals surface area contributed by atoms with Crippen LogP contribution in [0.3, 0.4) is 0 Å². The molecule has 0 aromatic carbocycles. The second kappa shape index (κ2) is 7.30. The highest BCUT2D eigenvalue weighted by Crippen LogP contribution is 2.34. The average Bonchev–Trinajstić information content (AvgIpc) is 2.90. The SMILES string of the molecule is CCCNC1CCC(CC)CC1Cc1cccs1. The highest BCUT2D eigenvalue weighted by Gasteiger charge is 2.29. The molecule has 18 heavy (non-hydrogen) atoms. The molecule has 2 heteroatoms. The van der Waals surface area contributed by atoms with Crippen molar-refractivity contribution in [1.82, 2.24) is 5.32 Å². The lowest BCUT2D eigenvalue weighted by Gasteiger charge is -2.36. The summed E-state index contributed by atoms with van der Waals surface area (Å²) in [6.07, 6.45) is 8.14. The van der Waals surface area contributed by atoms with Gasteiger partial charge in [-0.2, -0.15) is 0 Å². The Hall–Kier alpha value is -0.340. The number of hydrogen-bond donors (Lipinski definition) is 1. The fourth-order valence-electron chi connectivity index (χ4n) is 3.24. The van der Waals surface area contributed by atoms with Crippen LogP contribution >= 0.6 is 11.3 Å². The van der Waals surface area contributed by atoms with Gasteiger partial charge in [0.1, 0.15) is 0 Å². The molecule has 0 amide bonds. The number of hydrogen-bond acceptors (Lipinski definition) is 2. The first-order chi connectivity index (χ1) is 8.83. The van der Waals surface area contributed by atoms with Crippen molar-refractivity contribution in [2.75, 3.05) is 6.54 Å². The lowest BCUT2D eigenvalue weighted by atomic mass is 9.75. The van der Waals surface area contributed by atoms with E-state index in [0.717, 1.165) is 17.9 Å². The summed E-state index contributed by atoms with van der Waals surface area (Å²) in [5.41, 5.74) is 0. The predicted molar refractivity (Wildman–Crippen MR) is 81.2 cm³/mol. The van der Waals surface area contributed by atoms with Crippen molar-refractivity contribution < 1.29 is 0 Å². The Balaban J connectivity index is 1.94. The Morgan fingerprint density at radius 1 is 1.33 bits per heavy atom. The minimum absolute atomic E-state index is 0.759. The Labute approximate surface area is 116 Å². The van der Waals surface area contributed by atoms with Crippen LogP contribution in [0.15, 0.2) is 17.5 Å². The lowest BCUT2D eigenvalue weighted by molar-refractivity contribution is 0.199. The maximum Gasteiger partial charge on any atom is 0.00989 e. The Morgan fingerprint density at radius 3 is 2.89 bits per heavy atom. The molecule has 0 spiro atoms. The molecule has 1 fully saturated rings. The summed E-state index contributed by atoms with van der Waals surface area (Å²) < 4.78 is 0. The van der Waals surface area contributed by atoms with Crippen LogP contribution in [0.25, 0.3) is 0 Å². The van der Waals surface area contributed by atoms with Crippen LogP contribution in [0.2, 0.25) is 0 Å². The van der Waals surface area contributed by atoms with Gasteiger partial charge in [0.15, 0.2) is 0 Å². The van der Waals surface area contributed by atoms with Gasteiger partial charge in [-0.05, 0) is 61.9 Å². The van der Waals surface area contributed by atoms with E-state index in [0.29, 0.717) is 0 Å². The van der Waals surface area contributed by atoms with Crippen LogP contribution in [0.5, 0.6) is 0 Å². The molecule has 3 unspecified atom stereocenters. The zero-order valence-electron chi connectivity index (χ0n) is 11.8. The molecule has 1 aromatic rings. The van der Waals surface area contributed by atoms with Gasteiger partial charge in [0, 0.05) is 10.9 Å². The van der Waals surface area contributed by atoms with Gasteiger partial charge in [-0.25, -0.2) is 0 Å². The molecule has 1 aliphatic carbocycles. The van der Waals surface area contributed by atoms with E-state index in [2.05, 4.69) is 36.7 Å². The van der Waals surface area contributed by atoms with Crippen molar-refractivity contribution in [2.45, 2.75) is 58.4 Å². The summed E-state index contributed by atoms with van der Waals surface area (Å²) in [7, 11) is 0. The molecular weight excluding hydrogens is 238 g/mol. The minimum atomic E-state index is 0.759. The quantitative estimate of drug-likeness (QED) is 0.799. The summed E-state index contributed by atoms with van der Waals surface area (Å²) >= 11 is 1.92. The Morgan fingerprint density at radius 2 is 2.22 bits per heavy atom. The molecule has 1 N–H and O–H groups in total. The molecule has 1 aromatic heterocycles. The largest absolute Gasteiger partial charge is 0.314 e. The van der Waals surface area contributed by atoms with Gasteiger partial charge in [-0.15, -0.1) is 11.3 Å². The standard InChI is InChI=1S/C16H27NS/c1-3-9-17-16-8-7-13(4-2)11-14(16)12-15-6-5-10-18-15/h5-6,10,13-14,16-17H,3-4,7-9,11-12H2,1-2H3. The van der Waals surface area contributed by atoms with Crippen LogP contribution in [-0.2, 0) is 6.42 Å². The van der Waals surface area contributed by atoms with Crippen LogP contribution in [-0.4, -0.2) is 12.6 Å². The Bertz CT molecular complexity index is 320. The molecule has 0 radical (unpaired) electrons. The van der Waals surface area contributed by atoms with Gasteiger partial charge in [0.05, 0.1) is 0 Å². The number of nitrogens with one attached hydrogen (secondary N) is 1. The maximum atomic E-state index is 3.78. The van der Waals surface area contributed by atoms with Crippen molar-refractivity contribution in [2.24, 2.45) is 11.8 Å². The molecular formula is C16H27NS. The average molecular weight is 265 g/mol. The predicted octanol–water partition coefficient (Wildman–Crippen LogP) is 4.49. The number of rotatable bonds is 6. The van der Waals surface area contributed by atoms with Crippen LogP contribution in [0.4, 0.5) is 0 Å². The molecule has 2 rings (SSSR count). The van der Waals surface area contributed by atoms with E-state index in [1.807, 2.05) is 11.3 Å². The number of thiophene rings is 1. The molecule has 1 nitrogen and oxygen atoms in total. The van der Waals surface area contributed by atoms with Gasteiger partial charge in [-0.1, -0.05) is 26.3 Å². The van der Waals surface area contributed by atoms with Crippen molar-refractivity contribution in [3.63, 3.8) is 0 Å². The third kappa shape index (κ3) is 3.83. The fraction of sp³-hybridized carbons (Fsp3) is 0.750. The first-order valence-electron chi connectivity index (χ1n) is 7.59.